The van der Waals surface area contributed by atoms with Crippen LogP contribution in [0.2, 0.25) is 0 Å². The van der Waals surface area contributed by atoms with E-state index >= 15 is 0 Å². The maximum atomic E-state index is 12.4. The fourth-order valence-corrected chi connectivity index (χ4v) is 3.05. The highest BCUT2D eigenvalue weighted by atomic mass is 35.5. The lowest BCUT2D eigenvalue weighted by atomic mass is 9.85. The molecule has 1 aromatic carbocycles. The fourth-order valence-electron chi connectivity index (χ4n) is 3.05. The summed E-state index contributed by atoms with van der Waals surface area (Å²) in [4.78, 5) is 24.2. The molecule has 2 rings (SSSR count). The van der Waals surface area contributed by atoms with Crippen molar-refractivity contribution >= 4 is 35.6 Å². The molecule has 0 aliphatic heterocycles. The van der Waals surface area contributed by atoms with Gasteiger partial charge in [-0.3, -0.25) is 9.59 Å². The number of hydrogen-bond acceptors (Lipinski definition) is 3. The van der Waals surface area contributed by atoms with Gasteiger partial charge in [-0.1, -0.05) is 19.4 Å². The maximum Gasteiger partial charge on any atom is 0.227 e. The van der Waals surface area contributed by atoms with Gasteiger partial charge in [0.15, 0.2) is 0 Å². The van der Waals surface area contributed by atoms with E-state index in [-0.39, 0.29) is 36.2 Å². The summed E-state index contributed by atoms with van der Waals surface area (Å²) in [6.07, 6.45) is 4.95. The van der Waals surface area contributed by atoms with E-state index in [9.17, 15) is 9.59 Å². The third kappa shape index (κ3) is 5.49. The van der Waals surface area contributed by atoms with Gasteiger partial charge in [0.05, 0.1) is 0 Å². The molecular weight excluding hydrogens is 326 g/mol. The Bertz CT molecular complexity index is 577. The number of rotatable bonds is 5. The molecule has 6 heteroatoms. The fraction of sp³-hybridized carbons (Fsp3) is 0.556. The Morgan fingerprint density at radius 2 is 1.88 bits per heavy atom. The van der Waals surface area contributed by atoms with Gasteiger partial charge in [0.1, 0.15) is 0 Å². The number of halogens is 1. The first-order chi connectivity index (χ1) is 11.0. The number of benzene rings is 1. The SMILES string of the molecule is CCCC(=O)Nc1cccc(NC(=O)C2CCCC(N)C2)c1C.Cl. The molecule has 0 spiro atoms. The second-order valence-corrected chi connectivity index (χ2v) is 6.39. The molecule has 1 aliphatic carbocycles. The molecule has 134 valence electrons. The first-order valence-corrected chi connectivity index (χ1v) is 8.47. The summed E-state index contributed by atoms with van der Waals surface area (Å²) in [5.41, 5.74) is 8.35. The van der Waals surface area contributed by atoms with Gasteiger partial charge < -0.3 is 16.4 Å². The van der Waals surface area contributed by atoms with E-state index in [0.717, 1.165) is 49.0 Å². The van der Waals surface area contributed by atoms with Gasteiger partial charge in [0.25, 0.3) is 0 Å². The normalized spacial score (nSPS) is 20.0. The lowest BCUT2D eigenvalue weighted by Crippen LogP contribution is -2.34. The van der Waals surface area contributed by atoms with Crippen LogP contribution in [0.4, 0.5) is 11.4 Å². The van der Waals surface area contributed by atoms with Crippen molar-refractivity contribution < 1.29 is 9.59 Å². The Morgan fingerprint density at radius 1 is 1.21 bits per heavy atom. The topological polar surface area (TPSA) is 84.2 Å². The van der Waals surface area contributed by atoms with E-state index < -0.39 is 0 Å². The average Bonchev–Trinajstić information content (AvgIpc) is 2.51. The molecule has 2 amide bonds. The van der Waals surface area contributed by atoms with Crippen molar-refractivity contribution in [3.63, 3.8) is 0 Å². The van der Waals surface area contributed by atoms with Crippen molar-refractivity contribution in [2.75, 3.05) is 10.6 Å². The predicted molar refractivity (Wildman–Crippen MR) is 101 cm³/mol. The summed E-state index contributed by atoms with van der Waals surface area (Å²) < 4.78 is 0. The second kappa shape index (κ2) is 9.64. The number of carbonyl (C=O) groups is 2. The molecular formula is C18H28ClN3O2. The molecule has 2 unspecified atom stereocenters. The minimum Gasteiger partial charge on any atom is -0.328 e. The molecule has 0 saturated heterocycles. The van der Waals surface area contributed by atoms with Crippen LogP contribution >= 0.6 is 12.4 Å². The van der Waals surface area contributed by atoms with Crippen molar-refractivity contribution in [3.05, 3.63) is 23.8 Å². The van der Waals surface area contributed by atoms with E-state index in [1.165, 1.54) is 0 Å². The van der Waals surface area contributed by atoms with Crippen LogP contribution in [0.25, 0.3) is 0 Å². The van der Waals surface area contributed by atoms with Crippen molar-refractivity contribution in [3.8, 4) is 0 Å². The Hall–Kier alpha value is -1.59. The molecule has 24 heavy (non-hydrogen) atoms. The third-order valence-corrected chi connectivity index (χ3v) is 4.43. The summed E-state index contributed by atoms with van der Waals surface area (Å²) in [6, 6.07) is 5.69. The number of nitrogens with two attached hydrogens (primary N) is 1. The Balaban J connectivity index is 0.00000288. The monoisotopic (exact) mass is 353 g/mol. The molecule has 0 aromatic heterocycles. The van der Waals surface area contributed by atoms with E-state index in [1.54, 1.807) is 0 Å². The lowest BCUT2D eigenvalue weighted by Gasteiger charge is -2.26. The molecule has 4 N–H and O–H groups in total. The molecule has 0 heterocycles. The predicted octanol–water partition coefficient (Wildman–Crippen LogP) is 3.61. The summed E-state index contributed by atoms with van der Waals surface area (Å²) in [6.45, 7) is 3.88. The number of nitrogens with one attached hydrogen (secondary N) is 2. The van der Waals surface area contributed by atoms with Gasteiger partial charge in [0.2, 0.25) is 11.8 Å². The van der Waals surface area contributed by atoms with Crippen LogP contribution in [0.15, 0.2) is 18.2 Å². The highest BCUT2D eigenvalue weighted by molar-refractivity contribution is 5.96. The van der Waals surface area contributed by atoms with Crippen LogP contribution in [0.1, 0.15) is 51.0 Å². The molecule has 1 aromatic rings. The second-order valence-electron chi connectivity index (χ2n) is 6.39. The Labute approximate surface area is 150 Å². The standard InChI is InChI=1S/C18H27N3O2.ClH/c1-3-6-17(22)20-15-9-5-10-16(12(15)2)21-18(23)13-7-4-8-14(19)11-13;/h5,9-10,13-14H,3-4,6-8,11,19H2,1-2H3,(H,20,22)(H,21,23);1H. The smallest absolute Gasteiger partial charge is 0.227 e. The molecule has 0 bridgehead atoms. The van der Waals surface area contributed by atoms with Gasteiger partial charge in [-0.2, -0.15) is 0 Å². The lowest BCUT2D eigenvalue weighted by molar-refractivity contribution is -0.121. The minimum absolute atomic E-state index is 0. The maximum absolute atomic E-state index is 12.4. The third-order valence-electron chi connectivity index (χ3n) is 4.43. The first-order valence-electron chi connectivity index (χ1n) is 8.47. The van der Waals surface area contributed by atoms with Gasteiger partial charge in [-0.15, -0.1) is 12.4 Å². The zero-order valence-corrected chi connectivity index (χ0v) is 15.2. The molecule has 1 saturated carbocycles. The van der Waals surface area contributed by atoms with Crippen molar-refractivity contribution in [1.82, 2.24) is 0 Å². The molecule has 0 radical (unpaired) electrons. The Kier molecular flexibility index (Phi) is 8.22. The van der Waals surface area contributed by atoms with Crippen LogP contribution in [-0.2, 0) is 9.59 Å². The number of carbonyl (C=O) groups excluding carboxylic acids is 2. The van der Waals surface area contributed by atoms with Crippen LogP contribution in [0, 0.1) is 12.8 Å². The van der Waals surface area contributed by atoms with Crippen LogP contribution in [-0.4, -0.2) is 17.9 Å². The summed E-state index contributed by atoms with van der Waals surface area (Å²) >= 11 is 0. The molecule has 2 atom stereocenters. The Morgan fingerprint density at radius 3 is 2.50 bits per heavy atom. The van der Waals surface area contributed by atoms with Gasteiger partial charge >= 0.3 is 0 Å². The first kappa shape index (κ1) is 20.5. The van der Waals surface area contributed by atoms with E-state index in [4.69, 9.17) is 5.73 Å². The summed E-state index contributed by atoms with van der Waals surface area (Å²) in [7, 11) is 0. The van der Waals surface area contributed by atoms with Crippen LogP contribution in [0.3, 0.4) is 0 Å². The van der Waals surface area contributed by atoms with Gasteiger partial charge in [-0.05, 0) is 50.3 Å². The van der Waals surface area contributed by atoms with Crippen molar-refractivity contribution in [1.29, 1.82) is 0 Å². The highest BCUT2D eigenvalue weighted by Crippen LogP contribution is 2.27. The number of anilines is 2. The van der Waals surface area contributed by atoms with Gasteiger partial charge in [-0.25, -0.2) is 0 Å². The summed E-state index contributed by atoms with van der Waals surface area (Å²) in [5.74, 6) is 0.00843. The molecule has 1 fully saturated rings. The van der Waals surface area contributed by atoms with E-state index in [0.29, 0.717) is 6.42 Å². The van der Waals surface area contributed by atoms with Crippen LogP contribution in [0.5, 0.6) is 0 Å². The number of amides is 2. The molecule has 5 nitrogen and oxygen atoms in total. The highest BCUT2D eigenvalue weighted by Gasteiger charge is 2.25. The average molecular weight is 354 g/mol. The summed E-state index contributed by atoms with van der Waals surface area (Å²) in [5, 5.41) is 5.90. The zero-order valence-electron chi connectivity index (χ0n) is 14.4. The van der Waals surface area contributed by atoms with Crippen LogP contribution < -0.4 is 16.4 Å². The number of hydrogen-bond donors (Lipinski definition) is 3. The largest absolute Gasteiger partial charge is 0.328 e. The van der Waals surface area contributed by atoms with Crippen molar-refractivity contribution in [2.45, 2.75) is 58.4 Å². The minimum atomic E-state index is -0.0171. The van der Waals surface area contributed by atoms with E-state index in [1.807, 2.05) is 32.0 Å². The van der Waals surface area contributed by atoms with Gasteiger partial charge in [0, 0.05) is 29.8 Å². The quantitative estimate of drug-likeness (QED) is 0.756. The zero-order chi connectivity index (χ0) is 16.8. The molecule has 1 aliphatic rings. The van der Waals surface area contributed by atoms with Crippen molar-refractivity contribution in [2.24, 2.45) is 11.7 Å². The van der Waals surface area contributed by atoms with E-state index in [2.05, 4.69) is 10.6 Å².